The minimum atomic E-state index is -3.17. The second kappa shape index (κ2) is 5.74. The van der Waals surface area contributed by atoms with E-state index in [0.717, 1.165) is 11.1 Å². The zero-order valence-corrected chi connectivity index (χ0v) is 12.3. The minimum absolute atomic E-state index is 0.149. The monoisotopic (exact) mass is 284 g/mol. The maximum Gasteiger partial charge on any atom is 0.303 e. The van der Waals surface area contributed by atoms with Crippen LogP contribution in [-0.2, 0) is 25.8 Å². The van der Waals surface area contributed by atoms with Gasteiger partial charge in [-0.1, -0.05) is 24.3 Å². The van der Waals surface area contributed by atoms with Crippen molar-refractivity contribution in [3.05, 3.63) is 35.4 Å². The van der Waals surface area contributed by atoms with E-state index in [-0.39, 0.29) is 6.42 Å². The maximum absolute atomic E-state index is 11.7. The molecule has 0 saturated carbocycles. The molecule has 0 radical (unpaired) electrons. The van der Waals surface area contributed by atoms with Gasteiger partial charge in [0.2, 0.25) is 0 Å². The molecule has 1 aromatic carbocycles. The second-order valence-electron chi connectivity index (χ2n) is 5.23. The fourth-order valence-corrected chi connectivity index (χ4v) is 2.29. The number of carbonyl (C=O) groups is 1. The SMILES string of the molecule is CC(C)(c1ccc(CCCC(=O)O)cc1)S(C)(=O)=O. The third-order valence-electron chi connectivity index (χ3n) is 3.43. The van der Waals surface area contributed by atoms with Crippen LogP contribution in [0.5, 0.6) is 0 Å². The average Bonchev–Trinajstić information content (AvgIpc) is 2.27. The fourth-order valence-electron chi connectivity index (χ4n) is 1.73. The molecule has 0 aliphatic rings. The molecule has 1 N–H and O–H groups in total. The summed E-state index contributed by atoms with van der Waals surface area (Å²) >= 11 is 0. The van der Waals surface area contributed by atoms with E-state index in [1.165, 1.54) is 6.26 Å². The predicted octanol–water partition coefficient (Wildman–Crippen LogP) is 2.37. The van der Waals surface area contributed by atoms with Gasteiger partial charge in [-0.15, -0.1) is 0 Å². The Balaban J connectivity index is 2.80. The summed E-state index contributed by atoms with van der Waals surface area (Å²) < 4.78 is 22.5. The molecule has 0 fully saturated rings. The van der Waals surface area contributed by atoms with Crippen molar-refractivity contribution < 1.29 is 18.3 Å². The number of carboxylic acids is 1. The van der Waals surface area contributed by atoms with Crippen molar-refractivity contribution in [1.29, 1.82) is 0 Å². The van der Waals surface area contributed by atoms with E-state index in [2.05, 4.69) is 0 Å². The topological polar surface area (TPSA) is 71.4 Å². The first-order valence-corrected chi connectivity index (χ1v) is 8.04. The summed E-state index contributed by atoms with van der Waals surface area (Å²) in [5, 5.41) is 8.57. The van der Waals surface area contributed by atoms with Gasteiger partial charge < -0.3 is 5.11 Å². The number of carboxylic acid groups (broad SMARTS) is 1. The van der Waals surface area contributed by atoms with Gasteiger partial charge in [0.25, 0.3) is 0 Å². The highest BCUT2D eigenvalue weighted by atomic mass is 32.2. The molecular weight excluding hydrogens is 264 g/mol. The molecule has 0 aliphatic heterocycles. The molecule has 0 amide bonds. The third kappa shape index (κ3) is 4.06. The first-order chi connectivity index (χ1) is 8.64. The van der Waals surface area contributed by atoms with Crippen LogP contribution in [0.1, 0.15) is 37.8 Å². The van der Waals surface area contributed by atoms with Gasteiger partial charge in [0.15, 0.2) is 9.84 Å². The standard InChI is InChI=1S/C14H20O4S/c1-14(2,19(3,17)18)12-9-7-11(8-10-12)5-4-6-13(15)16/h7-10H,4-6H2,1-3H3,(H,15,16). The van der Waals surface area contributed by atoms with Crippen LogP contribution < -0.4 is 0 Å². The molecular formula is C14H20O4S. The number of aryl methyl sites for hydroxylation is 1. The van der Waals surface area contributed by atoms with Crippen molar-refractivity contribution in [2.75, 3.05) is 6.26 Å². The summed E-state index contributed by atoms with van der Waals surface area (Å²) in [4.78, 5) is 10.4. The van der Waals surface area contributed by atoms with E-state index in [9.17, 15) is 13.2 Å². The van der Waals surface area contributed by atoms with Crippen LogP contribution in [0.3, 0.4) is 0 Å². The molecule has 4 nitrogen and oxygen atoms in total. The van der Waals surface area contributed by atoms with Crippen molar-refractivity contribution in [1.82, 2.24) is 0 Å². The van der Waals surface area contributed by atoms with Crippen molar-refractivity contribution in [3.63, 3.8) is 0 Å². The summed E-state index contributed by atoms with van der Waals surface area (Å²) in [6.07, 6.45) is 2.65. The molecule has 5 heteroatoms. The van der Waals surface area contributed by atoms with Crippen molar-refractivity contribution in [2.45, 2.75) is 37.9 Å². The van der Waals surface area contributed by atoms with Crippen LogP contribution in [0.2, 0.25) is 0 Å². The molecule has 0 unspecified atom stereocenters. The summed E-state index contributed by atoms with van der Waals surface area (Å²) in [5.74, 6) is -0.796. The van der Waals surface area contributed by atoms with Crippen LogP contribution in [0.15, 0.2) is 24.3 Å². The van der Waals surface area contributed by atoms with Gasteiger partial charge in [0.1, 0.15) is 0 Å². The van der Waals surface area contributed by atoms with E-state index in [1.54, 1.807) is 26.0 Å². The molecule has 0 heterocycles. The lowest BCUT2D eigenvalue weighted by atomic mass is 9.99. The molecule has 1 aromatic rings. The van der Waals surface area contributed by atoms with Gasteiger partial charge in [-0.05, 0) is 37.8 Å². The Kier molecular flexibility index (Phi) is 4.74. The van der Waals surface area contributed by atoms with Crippen LogP contribution in [0.25, 0.3) is 0 Å². The van der Waals surface area contributed by atoms with Gasteiger partial charge in [0.05, 0.1) is 4.75 Å². The Hall–Kier alpha value is -1.36. The zero-order valence-electron chi connectivity index (χ0n) is 11.5. The lowest BCUT2D eigenvalue weighted by Crippen LogP contribution is -2.27. The minimum Gasteiger partial charge on any atom is -0.481 e. The lowest BCUT2D eigenvalue weighted by Gasteiger charge is -2.23. The normalized spacial score (nSPS) is 12.4. The molecule has 0 bridgehead atoms. The van der Waals surface area contributed by atoms with Crippen LogP contribution in [0, 0.1) is 0 Å². The molecule has 0 atom stereocenters. The predicted molar refractivity (Wildman–Crippen MR) is 74.9 cm³/mol. The van der Waals surface area contributed by atoms with Gasteiger partial charge in [-0.3, -0.25) is 4.79 Å². The number of rotatable bonds is 6. The third-order valence-corrected chi connectivity index (χ3v) is 5.52. The summed E-state index contributed by atoms with van der Waals surface area (Å²) in [5.41, 5.74) is 1.77. The first-order valence-electron chi connectivity index (χ1n) is 6.15. The van der Waals surface area contributed by atoms with E-state index < -0.39 is 20.6 Å². The maximum atomic E-state index is 11.7. The average molecular weight is 284 g/mol. The highest BCUT2D eigenvalue weighted by Gasteiger charge is 2.31. The van der Waals surface area contributed by atoms with E-state index >= 15 is 0 Å². The van der Waals surface area contributed by atoms with Gasteiger partial charge in [-0.2, -0.15) is 0 Å². The van der Waals surface area contributed by atoms with Gasteiger partial charge in [-0.25, -0.2) is 8.42 Å². The van der Waals surface area contributed by atoms with Crippen molar-refractivity contribution >= 4 is 15.8 Å². The smallest absolute Gasteiger partial charge is 0.303 e. The molecule has 0 spiro atoms. The quantitative estimate of drug-likeness (QED) is 0.870. The van der Waals surface area contributed by atoms with Crippen LogP contribution >= 0.6 is 0 Å². The Bertz CT molecular complexity index is 541. The van der Waals surface area contributed by atoms with E-state index in [1.807, 2.05) is 12.1 Å². The molecule has 0 aliphatic carbocycles. The Morgan fingerprint density at radius 1 is 1.21 bits per heavy atom. The number of hydrogen-bond donors (Lipinski definition) is 1. The molecule has 0 aromatic heterocycles. The lowest BCUT2D eigenvalue weighted by molar-refractivity contribution is -0.137. The van der Waals surface area contributed by atoms with E-state index in [0.29, 0.717) is 12.8 Å². The number of aliphatic carboxylic acids is 1. The Labute approximate surface area is 114 Å². The van der Waals surface area contributed by atoms with Gasteiger partial charge in [0, 0.05) is 12.7 Å². The number of sulfone groups is 1. The van der Waals surface area contributed by atoms with Gasteiger partial charge >= 0.3 is 5.97 Å². The van der Waals surface area contributed by atoms with Crippen molar-refractivity contribution in [3.8, 4) is 0 Å². The Morgan fingerprint density at radius 3 is 2.16 bits per heavy atom. The second-order valence-corrected chi connectivity index (χ2v) is 7.79. The first kappa shape index (κ1) is 15.7. The molecule has 1 rings (SSSR count). The fraction of sp³-hybridized carbons (Fsp3) is 0.500. The molecule has 19 heavy (non-hydrogen) atoms. The number of benzene rings is 1. The summed E-state index contributed by atoms with van der Waals surface area (Å²) in [7, 11) is -3.17. The Morgan fingerprint density at radius 2 is 1.74 bits per heavy atom. The molecule has 106 valence electrons. The largest absolute Gasteiger partial charge is 0.481 e. The summed E-state index contributed by atoms with van der Waals surface area (Å²) in [6.45, 7) is 3.36. The van der Waals surface area contributed by atoms with Crippen molar-refractivity contribution in [2.24, 2.45) is 0 Å². The van der Waals surface area contributed by atoms with Crippen LogP contribution in [0.4, 0.5) is 0 Å². The highest BCUT2D eigenvalue weighted by Crippen LogP contribution is 2.29. The zero-order chi connectivity index (χ0) is 14.7. The number of hydrogen-bond acceptors (Lipinski definition) is 3. The van der Waals surface area contributed by atoms with E-state index in [4.69, 9.17) is 5.11 Å². The molecule has 0 saturated heterocycles. The van der Waals surface area contributed by atoms with Crippen LogP contribution in [-0.4, -0.2) is 25.7 Å². The highest BCUT2D eigenvalue weighted by molar-refractivity contribution is 7.91. The summed E-state index contributed by atoms with van der Waals surface area (Å²) in [6, 6.07) is 7.34.